The van der Waals surface area contributed by atoms with E-state index in [0.717, 1.165) is 0 Å². The maximum atomic E-state index is 12.7. The average Bonchev–Trinajstić information content (AvgIpc) is 2.97. The van der Waals surface area contributed by atoms with Gasteiger partial charge in [0.25, 0.3) is 0 Å². The van der Waals surface area contributed by atoms with Crippen LogP contribution in [0.15, 0.2) is 24.3 Å². The van der Waals surface area contributed by atoms with Crippen molar-refractivity contribution >= 4 is 11.8 Å². The van der Waals surface area contributed by atoms with Crippen molar-refractivity contribution in [2.24, 2.45) is 17.8 Å². The first-order chi connectivity index (χ1) is 11.3. The summed E-state index contributed by atoms with van der Waals surface area (Å²) in [6, 6.07) is 8.19. The van der Waals surface area contributed by atoms with Crippen LogP contribution in [0.1, 0.15) is 44.7 Å². The molecule has 4 heteroatoms. The van der Waals surface area contributed by atoms with Gasteiger partial charge in [-0.25, -0.2) is 0 Å². The fourth-order valence-corrected chi connectivity index (χ4v) is 3.37. The van der Waals surface area contributed by atoms with Gasteiger partial charge >= 0.3 is 0 Å². The van der Waals surface area contributed by atoms with Crippen molar-refractivity contribution in [2.45, 2.75) is 40.5 Å². The zero-order chi connectivity index (χ0) is 17.9. The van der Waals surface area contributed by atoms with E-state index in [1.165, 1.54) is 11.1 Å². The number of carbonyl (C=O) groups excluding carboxylic acids is 2. The molecule has 1 N–H and O–H groups in total. The molecule has 132 valence electrons. The highest BCUT2D eigenvalue weighted by molar-refractivity contribution is 5.84. The molecular formula is C20H30N2O2. The molecule has 0 aliphatic carbocycles. The zero-order valence-corrected chi connectivity index (χ0v) is 15.5. The topological polar surface area (TPSA) is 49.4 Å². The van der Waals surface area contributed by atoms with E-state index in [0.29, 0.717) is 25.6 Å². The molecule has 24 heavy (non-hydrogen) atoms. The Bertz CT molecular complexity index is 595. The number of nitrogens with one attached hydrogen (secondary N) is 1. The normalized spacial score (nSPS) is 20.7. The first kappa shape index (κ1) is 18.5. The summed E-state index contributed by atoms with van der Waals surface area (Å²) in [6.45, 7) is 11.9. The minimum Gasteiger partial charge on any atom is -0.356 e. The minimum absolute atomic E-state index is 0.0417. The zero-order valence-electron chi connectivity index (χ0n) is 15.5. The number of hydrogen-bond donors (Lipinski definition) is 1. The van der Waals surface area contributed by atoms with Gasteiger partial charge in [0.15, 0.2) is 0 Å². The molecule has 0 aromatic heterocycles. The molecule has 1 saturated heterocycles. The van der Waals surface area contributed by atoms with Gasteiger partial charge in [0.2, 0.25) is 11.8 Å². The van der Waals surface area contributed by atoms with Crippen LogP contribution >= 0.6 is 0 Å². The number of aryl methyl sites for hydroxylation is 1. The standard InChI is InChI=1S/C20H30N2O2/c1-13(2)10-21-19(23)18-12-22(20(24)14(3)4)11-17(18)16-9-7-6-8-15(16)5/h6-9,13-14,17-18H,10-12H2,1-5H3,(H,21,23)/t17-,18-/m0/s1. The van der Waals surface area contributed by atoms with E-state index >= 15 is 0 Å². The van der Waals surface area contributed by atoms with Crippen molar-refractivity contribution in [3.05, 3.63) is 35.4 Å². The summed E-state index contributed by atoms with van der Waals surface area (Å²) in [4.78, 5) is 27.0. The third-order valence-corrected chi connectivity index (χ3v) is 4.73. The van der Waals surface area contributed by atoms with Crippen LogP contribution in [0.2, 0.25) is 0 Å². The maximum absolute atomic E-state index is 12.7. The second-order valence-electron chi connectivity index (χ2n) is 7.61. The molecule has 2 amide bonds. The summed E-state index contributed by atoms with van der Waals surface area (Å²) in [5, 5.41) is 3.06. The Morgan fingerprint density at radius 2 is 1.83 bits per heavy atom. The van der Waals surface area contributed by atoms with E-state index in [2.05, 4.69) is 38.2 Å². The van der Waals surface area contributed by atoms with Crippen LogP contribution in [0, 0.1) is 24.7 Å². The molecule has 1 aliphatic heterocycles. The summed E-state index contributed by atoms with van der Waals surface area (Å²) >= 11 is 0. The Kier molecular flexibility index (Phi) is 6.03. The van der Waals surface area contributed by atoms with E-state index in [9.17, 15) is 9.59 Å². The summed E-state index contributed by atoms with van der Waals surface area (Å²) in [5.41, 5.74) is 2.37. The van der Waals surface area contributed by atoms with Crippen LogP contribution in [0.3, 0.4) is 0 Å². The fraction of sp³-hybridized carbons (Fsp3) is 0.600. The van der Waals surface area contributed by atoms with Gasteiger partial charge in [0.1, 0.15) is 0 Å². The summed E-state index contributed by atoms with van der Waals surface area (Å²) < 4.78 is 0. The Balaban J connectivity index is 2.24. The number of amides is 2. The predicted octanol–water partition coefficient (Wildman–Crippen LogP) is 2.97. The molecule has 2 atom stereocenters. The van der Waals surface area contributed by atoms with E-state index in [1.807, 2.05) is 30.9 Å². The second kappa shape index (κ2) is 7.82. The molecular weight excluding hydrogens is 300 g/mol. The smallest absolute Gasteiger partial charge is 0.225 e. The van der Waals surface area contributed by atoms with Crippen LogP contribution in [-0.2, 0) is 9.59 Å². The SMILES string of the molecule is Cc1ccccc1[C@@H]1CN(C(=O)C(C)C)C[C@@H]1C(=O)NCC(C)C. The lowest BCUT2D eigenvalue weighted by atomic mass is 9.86. The van der Waals surface area contributed by atoms with Crippen molar-refractivity contribution in [1.29, 1.82) is 0 Å². The molecule has 0 unspecified atom stereocenters. The van der Waals surface area contributed by atoms with Gasteiger partial charge in [0, 0.05) is 31.5 Å². The molecule has 1 fully saturated rings. The minimum atomic E-state index is -0.174. The Hall–Kier alpha value is -1.84. The van der Waals surface area contributed by atoms with Crippen LogP contribution in [0.25, 0.3) is 0 Å². The summed E-state index contributed by atoms with van der Waals surface area (Å²) in [5.74, 6) is 0.470. The van der Waals surface area contributed by atoms with E-state index in [-0.39, 0.29) is 29.6 Å². The highest BCUT2D eigenvalue weighted by Crippen LogP contribution is 2.35. The molecule has 1 aromatic rings. The monoisotopic (exact) mass is 330 g/mol. The van der Waals surface area contributed by atoms with Gasteiger partial charge in [-0.1, -0.05) is 52.0 Å². The lowest BCUT2D eigenvalue weighted by Gasteiger charge is -2.20. The predicted molar refractivity (Wildman–Crippen MR) is 96.7 cm³/mol. The van der Waals surface area contributed by atoms with Gasteiger partial charge in [-0.05, 0) is 24.0 Å². The van der Waals surface area contributed by atoms with Gasteiger partial charge in [0.05, 0.1) is 5.92 Å². The second-order valence-corrected chi connectivity index (χ2v) is 7.61. The molecule has 4 nitrogen and oxygen atoms in total. The van der Waals surface area contributed by atoms with Crippen LogP contribution in [-0.4, -0.2) is 36.3 Å². The number of nitrogens with zero attached hydrogens (tertiary/aromatic N) is 1. The lowest BCUT2D eigenvalue weighted by molar-refractivity contribution is -0.133. The Labute approximate surface area is 145 Å². The highest BCUT2D eigenvalue weighted by Gasteiger charge is 2.41. The molecule has 2 rings (SSSR count). The van der Waals surface area contributed by atoms with Gasteiger partial charge in [-0.2, -0.15) is 0 Å². The molecule has 1 aromatic carbocycles. The highest BCUT2D eigenvalue weighted by atomic mass is 16.2. The van der Waals surface area contributed by atoms with E-state index in [1.54, 1.807) is 0 Å². The maximum Gasteiger partial charge on any atom is 0.225 e. The van der Waals surface area contributed by atoms with Gasteiger partial charge < -0.3 is 10.2 Å². The van der Waals surface area contributed by atoms with Gasteiger partial charge in [-0.15, -0.1) is 0 Å². The lowest BCUT2D eigenvalue weighted by Crippen LogP contribution is -2.37. The number of carbonyl (C=O) groups is 2. The Morgan fingerprint density at radius 1 is 1.17 bits per heavy atom. The van der Waals surface area contributed by atoms with Gasteiger partial charge in [-0.3, -0.25) is 9.59 Å². The van der Waals surface area contributed by atoms with Crippen molar-refractivity contribution in [3.8, 4) is 0 Å². The first-order valence-corrected chi connectivity index (χ1v) is 8.93. The Morgan fingerprint density at radius 3 is 2.42 bits per heavy atom. The van der Waals surface area contributed by atoms with Crippen LogP contribution in [0.5, 0.6) is 0 Å². The first-order valence-electron chi connectivity index (χ1n) is 8.93. The third kappa shape index (κ3) is 4.16. The van der Waals surface area contributed by atoms with Crippen LogP contribution in [0.4, 0.5) is 0 Å². The number of hydrogen-bond acceptors (Lipinski definition) is 2. The molecule has 0 radical (unpaired) electrons. The van der Waals surface area contributed by atoms with Crippen LogP contribution < -0.4 is 5.32 Å². The largest absolute Gasteiger partial charge is 0.356 e. The number of benzene rings is 1. The third-order valence-electron chi connectivity index (χ3n) is 4.73. The van der Waals surface area contributed by atoms with Crippen molar-refractivity contribution in [1.82, 2.24) is 10.2 Å². The van der Waals surface area contributed by atoms with Crippen molar-refractivity contribution < 1.29 is 9.59 Å². The summed E-state index contributed by atoms with van der Waals surface area (Å²) in [6.07, 6.45) is 0. The molecule has 1 heterocycles. The number of rotatable bonds is 5. The molecule has 0 saturated carbocycles. The number of likely N-dealkylation sites (tertiary alicyclic amines) is 1. The summed E-state index contributed by atoms with van der Waals surface area (Å²) in [7, 11) is 0. The van der Waals surface area contributed by atoms with E-state index < -0.39 is 0 Å². The van der Waals surface area contributed by atoms with Crippen molar-refractivity contribution in [3.63, 3.8) is 0 Å². The quantitative estimate of drug-likeness (QED) is 0.902. The van der Waals surface area contributed by atoms with Crippen molar-refractivity contribution in [2.75, 3.05) is 19.6 Å². The molecule has 0 bridgehead atoms. The molecule has 0 spiro atoms. The average molecular weight is 330 g/mol. The fourth-order valence-electron chi connectivity index (χ4n) is 3.37. The van der Waals surface area contributed by atoms with E-state index in [4.69, 9.17) is 0 Å². The molecule has 1 aliphatic rings.